The van der Waals surface area contributed by atoms with Gasteiger partial charge in [-0.1, -0.05) is 11.8 Å². The lowest BCUT2D eigenvalue weighted by Crippen LogP contribution is -2.40. The Labute approximate surface area is 156 Å². The number of carbonyl (C=O) groups excluding carboxylic acids is 1. The van der Waals surface area contributed by atoms with Crippen LogP contribution in [0.3, 0.4) is 0 Å². The topological polar surface area (TPSA) is 107 Å². The molecule has 0 aromatic carbocycles. The summed E-state index contributed by atoms with van der Waals surface area (Å²) < 4.78 is 25.0. The highest BCUT2D eigenvalue weighted by atomic mass is 32.2. The number of hydrogen-bond acceptors (Lipinski definition) is 7. The van der Waals surface area contributed by atoms with Crippen LogP contribution in [0.1, 0.15) is 20.3 Å². The van der Waals surface area contributed by atoms with E-state index in [1.807, 2.05) is 23.6 Å². The second-order valence-electron chi connectivity index (χ2n) is 6.15. The van der Waals surface area contributed by atoms with Crippen molar-refractivity contribution in [2.75, 3.05) is 11.5 Å². The van der Waals surface area contributed by atoms with Crippen LogP contribution in [0.25, 0.3) is 11.4 Å². The summed E-state index contributed by atoms with van der Waals surface area (Å²) in [4.78, 5) is 16.4. The standard InChI is InChI=1S/C16H21N5O3S2/c1-3-21-14(12-4-7-17-8-5-12)19-20-16(21)25-11(2)15(22)18-13-6-9-26(23,24)10-13/h4-5,7-8,11,13H,3,6,9-10H2,1-2H3,(H,18,22)/t11-,13-/m0/s1. The number of nitrogens with zero attached hydrogens (tertiary/aromatic N) is 4. The lowest BCUT2D eigenvalue weighted by Gasteiger charge is -2.15. The normalized spacial score (nSPS) is 20.0. The number of amides is 1. The number of hydrogen-bond donors (Lipinski definition) is 1. The fraction of sp³-hybridized carbons (Fsp3) is 0.500. The maximum Gasteiger partial charge on any atom is 0.233 e. The molecule has 3 rings (SSSR count). The molecule has 2 aromatic rings. The van der Waals surface area contributed by atoms with Gasteiger partial charge in [-0.3, -0.25) is 9.78 Å². The first kappa shape index (κ1) is 18.8. The molecule has 2 aromatic heterocycles. The van der Waals surface area contributed by atoms with E-state index in [1.165, 1.54) is 11.8 Å². The van der Waals surface area contributed by atoms with Crippen molar-refractivity contribution in [2.24, 2.45) is 0 Å². The van der Waals surface area contributed by atoms with Crippen LogP contribution in [0.4, 0.5) is 0 Å². The Hall–Kier alpha value is -1.94. The molecule has 26 heavy (non-hydrogen) atoms. The Morgan fingerprint density at radius 3 is 2.73 bits per heavy atom. The van der Waals surface area contributed by atoms with Crippen LogP contribution in [0.15, 0.2) is 29.7 Å². The van der Waals surface area contributed by atoms with Crippen LogP contribution in [0, 0.1) is 0 Å². The Kier molecular flexibility index (Phi) is 5.61. The van der Waals surface area contributed by atoms with Gasteiger partial charge in [-0.15, -0.1) is 10.2 Å². The minimum absolute atomic E-state index is 0.0213. The van der Waals surface area contributed by atoms with Gasteiger partial charge in [0, 0.05) is 30.5 Å². The summed E-state index contributed by atoms with van der Waals surface area (Å²) in [6.45, 7) is 4.44. The third-order valence-electron chi connectivity index (χ3n) is 4.20. The van der Waals surface area contributed by atoms with Crippen LogP contribution >= 0.6 is 11.8 Å². The SMILES string of the molecule is CCn1c(S[C@@H](C)C(=O)N[C@H]2CCS(=O)(=O)C2)nnc1-c1ccncc1. The van der Waals surface area contributed by atoms with Crippen LogP contribution in [-0.4, -0.2) is 56.9 Å². The number of sulfone groups is 1. The molecule has 1 aliphatic rings. The Morgan fingerprint density at radius 1 is 1.38 bits per heavy atom. The summed E-state index contributed by atoms with van der Waals surface area (Å²) in [5, 5.41) is 11.5. The molecule has 0 aliphatic carbocycles. The lowest BCUT2D eigenvalue weighted by molar-refractivity contribution is -0.120. The largest absolute Gasteiger partial charge is 0.351 e. The van der Waals surface area contributed by atoms with E-state index < -0.39 is 15.1 Å². The van der Waals surface area contributed by atoms with Crippen LogP contribution in [0.2, 0.25) is 0 Å². The molecule has 3 heterocycles. The molecule has 1 saturated heterocycles. The summed E-state index contributed by atoms with van der Waals surface area (Å²) in [5.74, 6) is 0.701. The van der Waals surface area contributed by atoms with Gasteiger partial charge < -0.3 is 9.88 Å². The summed E-state index contributed by atoms with van der Waals surface area (Å²) >= 11 is 1.31. The molecule has 10 heteroatoms. The van der Waals surface area contributed by atoms with Crippen LogP contribution in [0.5, 0.6) is 0 Å². The molecule has 8 nitrogen and oxygen atoms in total. The van der Waals surface area contributed by atoms with Crippen molar-refractivity contribution in [2.45, 2.75) is 43.3 Å². The third-order valence-corrected chi connectivity index (χ3v) is 7.05. The zero-order chi connectivity index (χ0) is 18.7. The molecule has 0 unspecified atom stereocenters. The first-order valence-electron chi connectivity index (χ1n) is 8.40. The van der Waals surface area contributed by atoms with Gasteiger partial charge in [0.1, 0.15) is 0 Å². The maximum absolute atomic E-state index is 12.4. The predicted molar refractivity (Wildman–Crippen MR) is 99.4 cm³/mol. The van der Waals surface area contributed by atoms with Gasteiger partial charge >= 0.3 is 0 Å². The van der Waals surface area contributed by atoms with Crippen molar-refractivity contribution < 1.29 is 13.2 Å². The van der Waals surface area contributed by atoms with E-state index >= 15 is 0 Å². The van der Waals surface area contributed by atoms with Gasteiger partial charge in [-0.25, -0.2) is 8.42 Å². The van der Waals surface area contributed by atoms with Crippen molar-refractivity contribution in [3.63, 3.8) is 0 Å². The van der Waals surface area contributed by atoms with E-state index in [4.69, 9.17) is 0 Å². The van der Waals surface area contributed by atoms with Crippen molar-refractivity contribution in [3.8, 4) is 11.4 Å². The highest BCUT2D eigenvalue weighted by molar-refractivity contribution is 8.00. The number of thioether (sulfide) groups is 1. The van der Waals surface area contributed by atoms with Crippen molar-refractivity contribution in [1.29, 1.82) is 0 Å². The number of nitrogens with one attached hydrogen (secondary N) is 1. The zero-order valence-electron chi connectivity index (χ0n) is 14.6. The molecule has 0 radical (unpaired) electrons. The molecule has 2 atom stereocenters. The van der Waals surface area contributed by atoms with Gasteiger partial charge in [0.25, 0.3) is 0 Å². The van der Waals surface area contributed by atoms with Gasteiger partial charge in [0.2, 0.25) is 5.91 Å². The lowest BCUT2D eigenvalue weighted by atomic mass is 10.2. The monoisotopic (exact) mass is 395 g/mol. The van der Waals surface area contributed by atoms with E-state index in [1.54, 1.807) is 19.3 Å². The molecule has 0 saturated carbocycles. The molecular formula is C16H21N5O3S2. The van der Waals surface area contributed by atoms with Crippen molar-refractivity contribution in [3.05, 3.63) is 24.5 Å². The first-order valence-corrected chi connectivity index (χ1v) is 11.1. The fourth-order valence-corrected chi connectivity index (χ4v) is 5.41. The van der Waals surface area contributed by atoms with Crippen LogP contribution in [-0.2, 0) is 21.2 Å². The summed E-state index contributed by atoms with van der Waals surface area (Å²) in [7, 11) is -3.02. The van der Waals surface area contributed by atoms with Gasteiger partial charge in [-0.2, -0.15) is 0 Å². The van der Waals surface area contributed by atoms with E-state index in [9.17, 15) is 13.2 Å². The Bertz CT molecular complexity index is 883. The van der Waals surface area contributed by atoms with E-state index in [0.29, 0.717) is 18.1 Å². The number of rotatable bonds is 6. The van der Waals surface area contributed by atoms with Crippen LogP contribution < -0.4 is 5.32 Å². The van der Waals surface area contributed by atoms with E-state index in [0.717, 1.165) is 11.4 Å². The number of carbonyl (C=O) groups is 1. The Morgan fingerprint density at radius 2 is 2.12 bits per heavy atom. The molecule has 1 aliphatic heterocycles. The molecule has 140 valence electrons. The third kappa shape index (κ3) is 4.24. The molecule has 1 N–H and O–H groups in total. The zero-order valence-corrected chi connectivity index (χ0v) is 16.3. The second kappa shape index (κ2) is 7.75. The predicted octanol–water partition coefficient (Wildman–Crippen LogP) is 1.14. The van der Waals surface area contributed by atoms with Crippen molar-refractivity contribution in [1.82, 2.24) is 25.1 Å². The first-order chi connectivity index (χ1) is 12.4. The number of aromatic nitrogens is 4. The number of pyridine rings is 1. The second-order valence-corrected chi connectivity index (χ2v) is 9.69. The van der Waals surface area contributed by atoms with Crippen molar-refractivity contribution >= 4 is 27.5 Å². The average molecular weight is 396 g/mol. The quantitative estimate of drug-likeness (QED) is 0.731. The maximum atomic E-state index is 12.4. The van der Waals surface area contributed by atoms with Gasteiger partial charge in [-0.05, 0) is 32.4 Å². The minimum Gasteiger partial charge on any atom is -0.351 e. The highest BCUT2D eigenvalue weighted by Crippen LogP contribution is 2.26. The highest BCUT2D eigenvalue weighted by Gasteiger charge is 2.30. The Balaban J connectivity index is 1.68. The summed E-state index contributed by atoms with van der Waals surface area (Å²) in [6, 6.07) is 3.43. The van der Waals surface area contributed by atoms with Gasteiger partial charge in [0.15, 0.2) is 20.8 Å². The molecule has 1 fully saturated rings. The molecular weight excluding hydrogens is 374 g/mol. The average Bonchev–Trinajstić information content (AvgIpc) is 3.17. The fourth-order valence-electron chi connectivity index (χ4n) is 2.81. The molecule has 0 bridgehead atoms. The minimum atomic E-state index is -3.02. The van der Waals surface area contributed by atoms with E-state index in [-0.39, 0.29) is 23.5 Å². The molecule has 1 amide bonds. The molecule has 0 spiro atoms. The van der Waals surface area contributed by atoms with E-state index in [2.05, 4.69) is 20.5 Å². The smallest absolute Gasteiger partial charge is 0.233 e. The summed E-state index contributed by atoms with van der Waals surface area (Å²) in [6.07, 6.45) is 3.87. The van der Waals surface area contributed by atoms with Gasteiger partial charge in [0.05, 0.1) is 16.8 Å². The summed E-state index contributed by atoms with van der Waals surface area (Å²) in [5.41, 5.74) is 0.912.